The van der Waals surface area contributed by atoms with E-state index in [1.54, 1.807) is 6.07 Å². The summed E-state index contributed by atoms with van der Waals surface area (Å²) in [6.45, 7) is 20.4. The molecule has 1 heterocycles. The molecule has 2 aromatic carbocycles. The molecule has 0 bridgehead atoms. The first-order chi connectivity index (χ1) is 24.9. The molecule has 1 saturated heterocycles. The van der Waals surface area contributed by atoms with Gasteiger partial charge in [0, 0.05) is 45.9 Å². The summed E-state index contributed by atoms with van der Waals surface area (Å²) in [4.78, 5) is 49.6. The minimum Gasteiger partial charge on any atom is -0.494 e. The van der Waals surface area contributed by atoms with Crippen molar-refractivity contribution in [2.75, 3.05) is 20.3 Å². The Morgan fingerprint density at radius 3 is 1.85 bits per heavy atom. The zero-order valence-electron chi connectivity index (χ0n) is 33.2. The van der Waals surface area contributed by atoms with Gasteiger partial charge in [0.05, 0.1) is 6.61 Å². The van der Waals surface area contributed by atoms with Crippen LogP contribution in [-0.4, -0.2) is 76.7 Å². The van der Waals surface area contributed by atoms with Crippen molar-refractivity contribution in [2.45, 2.75) is 129 Å². The minimum atomic E-state index is -2.13. The van der Waals surface area contributed by atoms with Crippen molar-refractivity contribution in [2.24, 2.45) is 0 Å². The van der Waals surface area contributed by atoms with Crippen LogP contribution in [0.4, 0.5) is 0 Å². The third-order valence-electron chi connectivity index (χ3n) is 9.76. The second-order valence-corrected chi connectivity index (χ2v) is 19.9. The fourth-order valence-electron chi connectivity index (χ4n) is 7.56. The third-order valence-corrected chi connectivity index (χ3v) is 16.0. The molecule has 1 aliphatic heterocycles. The molecule has 0 saturated carbocycles. The van der Waals surface area contributed by atoms with Crippen LogP contribution in [0.15, 0.2) is 42.5 Å². The van der Waals surface area contributed by atoms with E-state index in [0.717, 1.165) is 22.4 Å². The summed E-state index contributed by atoms with van der Waals surface area (Å²) in [6, 6.07) is 13.4. The van der Waals surface area contributed by atoms with Gasteiger partial charge in [0.2, 0.25) is 11.9 Å². The zero-order chi connectivity index (χ0) is 39.7. The van der Waals surface area contributed by atoms with E-state index >= 15 is 0 Å². The topological polar surface area (TPSA) is 133 Å². The molecule has 11 nitrogen and oxygen atoms in total. The number of carbonyl (C=O) groups is 4. The Morgan fingerprint density at radius 1 is 0.792 bits per heavy atom. The van der Waals surface area contributed by atoms with E-state index in [0.29, 0.717) is 35.2 Å². The summed E-state index contributed by atoms with van der Waals surface area (Å²) in [6.07, 6.45) is -4.97. The quantitative estimate of drug-likeness (QED) is 0.0874. The van der Waals surface area contributed by atoms with Crippen molar-refractivity contribution in [1.82, 2.24) is 0 Å². The van der Waals surface area contributed by atoms with Crippen LogP contribution >= 0.6 is 0 Å². The Labute approximate surface area is 315 Å². The Balaban J connectivity index is 2.37. The van der Waals surface area contributed by atoms with Crippen LogP contribution in [0.3, 0.4) is 0 Å². The van der Waals surface area contributed by atoms with Crippen molar-refractivity contribution >= 4 is 32.0 Å². The van der Waals surface area contributed by atoms with Gasteiger partial charge in [0.15, 0.2) is 12.2 Å². The fourth-order valence-corrected chi connectivity index (χ4v) is 12.8. The average Bonchev–Trinajstić information content (AvgIpc) is 3.06. The summed E-state index contributed by atoms with van der Waals surface area (Å²) in [5.41, 5.74) is 8.11. The molecule has 0 spiro atoms. The van der Waals surface area contributed by atoms with E-state index in [2.05, 4.69) is 53.0 Å². The van der Waals surface area contributed by atoms with E-state index < -0.39 is 68.8 Å². The molecular formula is C41H56O11Si. The molecule has 0 radical (unpaired) electrons. The number of carbonyl (C=O) groups excluding carboxylic acids is 4. The largest absolute Gasteiger partial charge is 0.494 e. The van der Waals surface area contributed by atoms with Gasteiger partial charge in [-0.3, -0.25) is 19.2 Å². The van der Waals surface area contributed by atoms with Crippen molar-refractivity contribution < 1.29 is 52.3 Å². The maximum atomic E-state index is 12.7. The third kappa shape index (κ3) is 10.3. The molecule has 0 aliphatic carbocycles. The van der Waals surface area contributed by atoms with Gasteiger partial charge in [-0.05, 0) is 65.4 Å². The lowest BCUT2D eigenvalue weighted by Crippen LogP contribution is -2.67. The number of hydrogen-bond donors (Lipinski definition) is 0. The summed E-state index contributed by atoms with van der Waals surface area (Å²) in [5.74, 6) is -0.392. The van der Waals surface area contributed by atoms with Gasteiger partial charge in [-0.1, -0.05) is 65.7 Å². The molecule has 2 aromatic rings. The highest BCUT2D eigenvalue weighted by Crippen LogP contribution is 2.44. The highest BCUT2D eigenvalue weighted by atomic mass is 28.3. The molecule has 0 unspecified atom stereocenters. The van der Waals surface area contributed by atoms with Gasteiger partial charge in [-0.2, -0.15) is 0 Å². The minimum absolute atomic E-state index is 0.391. The van der Waals surface area contributed by atoms with Crippen LogP contribution in [0.25, 0.3) is 0 Å². The highest BCUT2D eigenvalue weighted by Gasteiger charge is 2.61. The number of methoxy groups -OCH3 is 1. The monoisotopic (exact) mass is 752 g/mol. The lowest BCUT2D eigenvalue weighted by atomic mass is 9.85. The number of benzene rings is 2. The van der Waals surface area contributed by atoms with Crippen LogP contribution in [0.2, 0.25) is 16.6 Å². The molecule has 1 aliphatic rings. The maximum Gasteiger partial charge on any atom is 0.303 e. The zero-order valence-corrected chi connectivity index (χ0v) is 34.2. The van der Waals surface area contributed by atoms with Gasteiger partial charge in [-0.25, -0.2) is 0 Å². The number of ether oxygens (including phenoxy) is 7. The fraction of sp³-hybridized carbons (Fsp3) is 0.561. The SMILES string of the molecule is CCOc1ccc(Cc2cc([C@]3(OC)O[C@H](COC(C)=O)[C@@H](OC(C)=O)[C@H](OC(C)=O)[C@H]3OC(C)=O)ccc2C#C[Si](C(C)C)(C(C)C)C(C)C)cc1. The van der Waals surface area contributed by atoms with Crippen molar-refractivity contribution in [3.05, 3.63) is 64.7 Å². The molecule has 5 atom stereocenters. The standard InChI is InChI=1S/C41H56O11Si/c1-13-47-36-18-14-32(15-19-36)22-34-23-35(17-16-33(34)20-21-53(25(2)3,26(4)5)27(6)7)41(46-12)40(51-31(11)45)39(50-30(10)44)38(49-29(9)43)37(52-41)24-48-28(8)42/h14-19,23,25-27,37-40H,13,22,24H2,1-12H3/t37-,38-,39+,40-,41+/m1/s1. The predicted molar refractivity (Wildman–Crippen MR) is 202 cm³/mol. The number of hydrogen-bond acceptors (Lipinski definition) is 11. The first kappa shape index (κ1) is 43.2. The van der Waals surface area contributed by atoms with Crippen LogP contribution in [0.1, 0.15) is 98.4 Å². The Kier molecular flexibility index (Phi) is 15.3. The normalized spacial score (nSPS) is 21.4. The van der Waals surface area contributed by atoms with Crippen LogP contribution < -0.4 is 4.74 Å². The summed E-state index contributed by atoms with van der Waals surface area (Å²) in [7, 11) is -0.763. The van der Waals surface area contributed by atoms with Gasteiger partial charge < -0.3 is 33.2 Å². The summed E-state index contributed by atoms with van der Waals surface area (Å²) in [5, 5.41) is 0. The van der Waals surface area contributed by atoms with Gasteiger partial charge in [0.25, 0.3) is 0 Å². The summed E-state index contributed by atoms with van der Waals surface area (Å²) >= 11 is 0. The lowest BCUT2D eigenvalue weighted by molar-refractivity contribution is -0.367. The van der Waals surface area contributed by atoms with Crippen LogP contribution in [0, 0.1) is 11.5 Å². The average molecular weight is 753 g/mol. The van der Waals surface area contributed by atoms with Crippen LogP contribution in [-0.2, 0) is 59.8 Å². The second kappa shape index (κ2) is 18.7. The Bertz CT molecular complexity index is 1630. The molecule has 0 amide bonds. The van der Waals surface area contributed by atoms with Gasteiger partial charge in [0.1, 0.15) is 26.5 Å². The van der Waals surface area contributed by atoms with E-state index in [9.17, 15) is 19.2 Å². The number of esters is 4. The van der Waals surface area contributed by atoms with Crippen LogP contribution in [0.5, 0.6) is 5.75 Å². The molecule has 12 heteroatoms. The molecule has 53 heavy (non-hydrogen) atoms. The van der Waals surface area contributed by atoms with Gasteiger partial charge in [-0.15, -0.1) is 5.54 Å². The Hall–Kier alpha value is -4.18. The highest BCUT2D eigenvalue weighted by molar-refractivity contribution is 6.90. The van der Waals surface area contributed by atoms with Crippen molar-refractivity contribution in [3.63, 3.8) is 0 Å². The molecule has 1 fully saturated rings. The Morgan fingerprint density at radius 2 is 1.36 bits per heavy atom. The smallest absolute Gasteiger partial charge is 0.303 e. The number of rotatable bonds is 14. The summed E-state index contributed by atoms with van der Waals surface area (Å²) < 4.78 is 40.9. The first-order valence-electron chi connectivity index (χ1n) is 18.2. The molecular weight excluding hydrogens is 697 g/mol. The lowest BCUT2D eigenvalue weighted by Gasteiger charge is -2.50. The van der Waals surface area contributed by atoms with E-state index in [-0.39, 0.29) is 0 Å². The molecule has 0 N–H and O–H groups in total. The van der Waals surface area contributed by atoms with E-state index in [4.69, 9.17) is 33.2 Å². The van der Waals surface area contributed by atoms with E-state index in [1.165, 1.54) is 34.8 Å². The van der Waals surface area contributed by atoms with Crippen molar-refractivity contribution in [3.8, 4) is 17.2 Å². The molecule has 3 rings (SSSR count). The first-order valence-corrected chi connectivity index (χ1v) is 20.4. The predicted octanol–water partition coefficient (Wildman–Crippen LogP) is 6.80. The van der Waals surface area contributed by atoms with Crippen molar-refractivity contribution in [1.29, 1.82) is 0 Å². The molecule has 0 aromatic heterocycles. The molecule has 290 valence electrons. The second-order valence-electron chi connectivity index (χ2n) is 14.3. The van der Waals surface area contributed by atoms with E-state index in [1.807, 2.05) is 43.3 Å². The maximum absolute atomic E-state index is 12.7. The van der Waals surface area contributed by atoms with Gasteiger partial charge >= 0.3 is 23.9 Å².